The van der Waals surface area contributed by atoms with Gasteiger partial charge in [0.05, 0.1) is 11.6 Å². The van der Waals surface area contributed by atoms with Crippen molar-refractivity contribution in [2.24, 2.45) is 18.2 Å². The molecular formula is C13H20N4O3. The number of aromatic nitrogens is 2. The quantitative estimate of drug-likeness (QED) is 0.816. The Bertz CT molecular complexity index is 527. The van der Waals surface area contributed by atoms with Gasteiger partial charge in [-0.15, -0.1) is 0 Å². The average molecular weight is 280 g/mol. The number of hydrogen-bond acceptors (Lipinski definition) is 4. The molecule has 0 aliphatic carbocycles. The second-order valence-electron chi connectivity index (χ2n) is 5.37. The second-order valence-corrected chi connectivity index (χ2v) is 5.37. The van der Waals surface area contributed by atoms with E-state index in [1.807, 2.05) is 6.92 Å². The lowest BCUT2D eigenvalue weighted by molar-refractivity contribution is -0.148. The molecule has 3 N–H and O–H groups in total. The van der Waals surface area contributed by atoms with Gasteiger partial charge in [0, 0.05) is 31.9 Å². The molecule has 1 aromatic rings. The molecule has 1 aliphatic rings. The van der Waals surface area contributed by atoms with Gasteiger partial charge in [0.15, 0.2) is 0 Å². The van der Waals surface area contributed by atoms with Gasteiger partial charge in [-0.1, -0.05) is 6.92 Å². The Hall–Kier alpha value is -1.89. The van der Waals surface area contributed by atoms with Gasteiger partial charge in [0.25, 0.3) is 0 Å². The lowest BCUT2D eigenvalue weighted by Crippen LogP contribution is -2.40. The Morgan fingerprint density at radius 3 is 2.75 bits per heavy atom. The summed E-state index contributed by atoms with van der Waals surface area (Å²) in [6, 6.07) is -0.787. The average Bonchev–Trinajstić information content (AvgIpc) is 3.04. The van der Waals surface area contributed by atoms with Gasteiger partial charge in [-0.3, -0.25) is 14.3 Å². The Kier molecular flexibility index (Phi) is 3.80. The smallest absolute Gasteiger partial charge is 0.311 e. The van der Waals surface area contributed by atoms with Crippen molar-refractivity contribution in [3.63, 3.8) is 0 Å². The fourth-order valence-corrected chi connectivity index (χ4v) is 2.61. The van der Waals surface area contributed by atoms with Crippen molar-refractivity contribution in [2.45, 2.75) is 25.8 Å². The van der Waals surface area contributed by atoms with Crippen molar-refractivity contribution in [3.8, 4) is 0 Å². The summed E-state index contributed by atoms with van der Waals surface area (Å²) < 4.78 is 1.58. The molecule has 1 saturated heterocycles. The van der Waals surface area contributed by atoms with Crippen LogP contribution < -0.4 is 5.73 Å². The normalized spacial score (nSPS) is 23.9. The minimum Gasteiger partial charge on any atom is -0.481 e. The summed E-state index contributed by atoms with van der Waals surface area (Å²) in [5.41, 5.74) is 5.76. The van der Waals surface area contributed by atoms with E-state index in [2.05, 4.69) is 5.10 Å². The van der Waals surface area contributed by atoms with E-state index in [-0.39, 0.29) is 12.5 Å². The van der Waals surface area contributed by atoms with E-state index >= 15 is 0 Å². The van der Waals surface area contributed by atoms with Gasteiger partial charge in [0.2, 0.25) is 5.91 Å². The lowest BCUT2D eigenvalue weighted by Gasteiger charge is -2.24. The lowest BCUT2D eigenvalue weighted by atomic mass is 9.84. The molecule has 110 valence electrons. The number of nitrogens with two attached hydrogens (primary N) is 1. The standard InChI is InChI=1S/C13H20N4O3/c1-3-13(12(19)20)4-5-17(8-13)11(18)10(14)9-6-15-16(2)7-9/h6-7,10H,3-5,8,14H2,1-2H3,(H,19,20). The highest BCUT2D eigenvalue weighted by Crippen LogP contribution is 2.35. The van der Waals surface area contributed by atoms with E-state index in [0.29, 0.717) is 24.9 Å². The van der Waals surface area contributed by atoms with Crippen LogP contribution in [-0.4, -0.2) is 44.8 Å². The number of carbonyl (C=O) groups excluding carboxylic acids is 1. The van der Waals surface area contributed by atoms with Crippen LogP contribution in [0, 0.1) is 5.41 Å². The summed E-state index contributed by atoms with van der Waals surface area (Å²) in [5.74, 6) is -1.08. The largest absolute Gasteiger partial charge is 0.481 e. The van der Waals surface area contributed by atoms with Gasteiger partial charge in [-0.25, -0.2) is 0 Å². The van der Waals surface area contributed by atoms with Crippen molar-refractivity contribution in [2.75, 3.05) is 13.1 Å². The zero-order chi connectivity index (χ0) is 14.9. The SMILES string of the molecule is CCC1(C(=O)O)CCN(C(=O)C(N)c2cnn(C)c2)C1. The fraction of sp³-hybridized carbons (Fsp3) is 0.615. The number of aryl methyl sites for hydroxylation is 1. The van der Waals surface area contributed by atoms with Crippen LogP contribution in [0.3, 0.4) is 0 Å². The molecule has 2 unspecified atom stereocenters. The Morgan fingerprint density at radius 1 is 1.60 bits per heavy atom. The molecule has 0 spiro atoms. The monoisotopic (exact) mass is 280 g/mol. The Balaban J connectivity index is 2.10. The first-order valence-corrected chi connectivity index (χ1v) is 6.66. The predicted octanol–water partition coefficient (Wildman–Crippen LogP) is 0.133. The summed E-state index contributed by atoms with van der Waals surface area (Å²) in [5, 5.41) is 13.3. The van der Waals surface area contributed by atoms with Crippen molar-refractivity contribution >= 4 is 11.9 Å². The number of aliphatic carboxylic acids is 1. The van der Waals surface area contributed by atoms with Gasteiger partial charge >= 0.3 is 5.97 Å². The van der Waals surface area contributed by atoms with Crippen molar-refractivity contribution in [1.82, 2.24) is 14.7 Å². The van der Waals surface area contributed by atoms with Crippen LogP contribution in [0.5, 0.6) is 0 Å². The van der Waals surface area contributed by atoms with Crippen LogP contribution in [0.1, 0.15) is 31.4 Å². The summed E-state index contributed by atoms with van der Waals surface area (Å²) in [6.45, 7) is 2.50. The zero-order valence-electron chi connectivity index (χ0n) is 11.7. The van der Waals surface area contributed by atoms with Crippen molar-refractivity contribution in [1.29, 1.82) is 0 Å². The number of amides is 1. The highest BCUT2D eigenvalue weighted by atomic mass is 16.4. The third kappa shape index (κ3) is 2.40. The molecule has 2 atom stereocenters. The molecular weight excluding hydrogens is 260 g/mol. The molecule has 1 aliphatic heterocycles. The second kappa shape index (κ2) is 5.24. The summed E-state index contributed by atoms with van der Waals surface area (Å²) in [4.78, 5) is 25.3. The molecule has 7 heteroatoms. The summed E-state index contributed by atoms with van der Waals surface area (Å²) in [7, 11) is 1.75. The molecule has 1 aromatic heterocycles. The predicted molar refractivity (Wildman–Crippen MR) is 71.7 cm³/mol. The molecule has 2 rings (SSSR count). The highest BCUT2D eigenvalue weighted by molar-refractivity contribution is 5.85. The van der Waals surface area contributed by atoms with E-state index in [1.165, 1.54) is 0 Å². The van der Waals surface area contributed by atoms with Crippen molar-refractivity contribution < 1.29 is 14.7 Å². The van der Waals surface area contributed by atoms with E-state index in [0.717, 1.165) is 0 Å². The first-order valence-electron chi connectivity index (χ1n) is 6.66. The van der Waals surface area contributed by atoms with Crippen LogP contribution in [0.2, 0.25) is 0 Å². The van der Waals surface area contributed by atoms with Gasteiger partial charge in [0.1, 0.15) is 6.04 Å². The molecule has 0 bridgehead atoms. The molecule has 7 nitrogen and oxygen atoms in total. The number of rotatable bonds is 4. The fourth-order valence-electron chi connectivity index (χ4n) is 2.61. The van der Waals surface area contributed by atoms with Crippen molar-refractivity contribution in [3.05, 3.63) is 18.0 Å². The van der Waals surface area contributed by atoms with Crippen LogP contribution in [0.15, 0.2) is 12.4 Å². The number of carboxylic acids is 1. The minimum atomic E-state index is -0.842. The molecule has 1 fully saturated rings. The van der Waals surface area contributed by atoms with Crippen LogP contribution >= 0.6 is 0 Å². The minimum absolute atomic E-state index is 0.228. The van der Waals surface area contributed by atoms with Gasteiger partial charge < -0.3 is 15.7 Å². The van der Waals surface area contributed by atoms with Crippen LogP contribution in [-0.2, 0) is 16.6 Å². The zero-order valence-corrected chi connectivity index (χ0v) is 11.7. The Morgan fingerprint density at radius 2 is 2.30 bits per heavy atom. The van der Waals surface area contributed by atoms with E-state index in [1.54, 1.807) is 29.0 Å². The summed E-state index contributed by atoms with van der Waals surface area (Å²) >= 11 is 0. The highest BCUT2D eigenvalue weighted by Gasteiger charge is 2.45. The molecule has 1 amide bonds. The maximum atomic E-state index is 12.4. The number of likely N-dealkylation sites (tertiary alicyclic amines) is 1. The first kappa shape index (κ1) is 14.5. The molecule has 20 heavy (non-hydrogen) atoms. The van der Waals surface area contributed by atoms with Gasteiger partial charge in [-0.05, 0) is 12.8 Å². The molecule has 0 radical (unpaired) electrons. The first-order chi connectivity index (χ1) is 9.39. The molecule has 0 saturated carbocycles. The van der Waals surface area contributed by atoms with E-state index < -0.39 is 17.4 Å². The number of carbonyl (C=O) groups is 2. The number of carboxylic acid groups (broad SMARTS) is 1. The van der Waals surface area contributed by atoms with Gasteiger partial charge in [-0.2, -0.15) is 5.10 Å². The maximum absolute atomic E-state index is 12.4. The number of hydrogen-bond donors (Lipinski definition) is 2. The molecule has 2 heterocycles. The number of nitrogens with zero attached hydrogens (tertiary/aromatic N) is 3. The molecule has 0 aromatic carbocycles. The third-order valence-electron chi connectivity index (χ3n) is 4.15. The van der Waals surface area contributed by atoms with E-state index in [4.69, 9.17) is 5.73 Å². The van der Waals surface area contributed by atoms with E-state index in [9.17, 15) is 14.7 Å². The maximum Gasteiger partial charge on any atom is 0.311 e. The van der Waals surface area contributed by atoms with Crippen LogP contribution in [0.4, 0.5) is 0 Å². The topological polar surface area (TPSA) is 101 Å². The summed E-state index contributed by atoms with van der Waals surface area (Å²) in [6.07, 6.45) is 4.24. The third-order valence-corrected chi connectivity index (χ3v) is 4.15. The van der Waals surface area contributed by atoms with Crippen LogP contribution in [0.25, 0.3) is 0 Å². The Labute approximate surface area is 117 Å².